The number of hydrogen-bond acceptors (Lipinski definition) is 3. The van der Waals surface area contributed by atoms with Gasteiger partial charge in [0.15, 0.2) is 0 Å². The topological polar surface area (TPSA) is 91.1 Å². The Labute approximate surface area is 110 Å². The van der Waals surface area contributed by atoms with Gasteiger partial charge in [0.25, 0.3) is 5.91 Å². The van der Waals surface area contributed by atoms with Crippen molar-refractivity contribution in [2.24, 2.45) is 0 Å². The highest BCUT2D eigenvalue weighted by atomic mass is 16.3. The molecule has 0 atom stereocenters. The van der Waals surface area contributed by atoms with E-state index in [9.17, 15) is 9.90 Å². The number of aromatic nitrogens is 1. The Kier molecular flexibility index (Phi) is 2.71. The molecule has 1 aliphatic rings. The van der Waals surface area contributed by atoms with Gasteiger partial charge in [0.1, 0.15) is 0 Å². The molecule has 0 aliphatic heterocycles. The molecule has 5 N–H and O–H groups in total. The number of nitrogens with one attached hydrogen (secondary N) is 2. The van der Waals surface area contributed by atoms with Crippen LogP contribution in [0.25, 0.3) is 10.9 Å². The Balaban J connectivity index is 1.79. The molecule has 1 fully saturated rings. The SMILES string of the molecule is Nc1ccc2[nH]cc(C(=O)NCC3(O)CCC3)c2c1. The number of nitrogens with two attached hydrogens (primary N) is 1. The van der Waals surface area contributed by atoms with E-state index in [0.717, 1.165) is 30.2 Å². The Morgan fingerprint density at radius 3 is 2.95 bits per heavy atom. The van der Waals surface area contributed by atoms with E-state index in [1.54, 1.807) is 18.3 Å². The summed E-state index contributed by atoms with van der Waals surface area (Å²) in [6.45, 7) is 0.306. The Morgan fingerprint density at radius 1 is 1.47 bits per heavy atom. The predicted octanol–water partition coefficient (Wildman–Crippen LogP) is 1.39. The summed E-state index contributed by atoms with van der Waals surface area (Å²) < 4.78 is 0. The molecule has 19 heavy (non-hydrogen) atoms. The third-order valence-electron chi connectivity index (χ3n) is 3.81. The summed E-state index contributed by atoms with van der Waals surface area (Å²) in [5.74, 6) is -0.183. The molecule has 1 aromatic carbocycles. The lowest BCUT2D eigenvalue weighted by molar-refractivity contribution is -0.0300. The van der Waals surface area contributed by atoms with Crippen molar-refractivity contribution >= 4 is 22.5 Å². The Bertz CT molecular complexity index is 629. The highest BCUT2D eigenvalue weighted by Crippen LogP contribution is 2.30. The van der Waals surface area contributed by atoms with Crippen LogP contribution in [0, 0.1) is 0 Å². The summed E-state index contributed by atoms with van der Waals surface area (Å²) in [5.41, 5.74) is 7.09. The van der Waals surface area contributed by atoms with Crippen LogP contribution in [-0.2, 0) is 0 Å². The molecule has 3 rings (SSSR count). The van der Waals surface area contributed by atoms with Gasteiger partial charge in [-0.15, -0.1) is 0 Å². The minimum atomic E-state index is -0.708. The van der Waals surface area contributed by atoms with Crippen LogP contribution in [0.1, 0.15) is 29.6 Å². The average Bonchev–Trinajstić information content (AvgIpc) is 2.76. The van der Waals surface area contributed by atoms with E-state index in [-0.39, 0.29) is 5.91 Å². The van der Waals surface area contributed by atoms with Gasteiger partial charge in [-0.1, -0.05) is 0 Å². The second-order valence-corrected chi connectivity index (χ2v) is 5.27. The first-order valence-corrected chi connectivity index (χ1v) is 6.45. The number of carbonyl (C=O) groups is 1. The maximum atomic E-state index is 12.1. The Morgan fingerprint density at radius 2 is 2.26 bits per heavy atom. The molecule has 0 spiro atoms. The van der Waals surface area contributed by atoms with Gasteiger partial charge in [0.2, 0.25) is 0 Å². The van der Waals surface area contributed by atoms with Crippen LogP contribution in [0.2, 0.25) is 0 Å². The number of benzene rings is 1. The second-order valence-electron chi connectivity index (χ2n) is 5.27. The molecule has 2 aromatic rings. The van der Waals surface area contributed by atoms with E-state index >= 15 is 0 Å². The zero-order valence-corrected chi connectivity index (χ0v) is 10.6. The second kappa shape index (κ2) is 4.28. The molecular weight excluding hydrogens is 242 g/mol. The fourth-order valence-corrected chi connectivity index (χ4v) is 2.43. The minimum absolute atomic E-state index is 0.183. The number of amides is 1. The quantitative estimate of drug-likeness (QED) is 0.628. The largest absolute Gasteiger partial charge is 0.399 e. The number of hydrogen-bond donors (Lipinski definition) is 4. The predicted molar refractivity (Wildman–Crippen MR) is 73.8 cm³/mol. The van der Waals surface area contributed by atoms with Gasteiger partial charge in [-0.2, -0.15) is 0 Å². The lowest BCUT2D eigenvalue weighted by Gasteiger charge is -2.36. The Hall–Kier alpha value is -2.01. The first-order valence-electron chi connectivity index (χ1n) is 6.45. The lowest BCUT2D eigenvalue weighted by Crippen LogP contribution is -2.47. The van der Waals surface area contributed by atoms with Crippen molar-refractivity contribution in [2.75, 3.05) is 12.3 Å². The standard InChI is InChI=1S/C14H17N3O2/c15-9-2-3-12-10(6-9)11(7-16-12)13(18)17-8-14(19)4-1-5-14/h2-3,6-7,16,19H,1,4-5,8,15H2,(H,17,18). The van der Waals surface area contributed by atoms with Gasteiger partial charge in [-0.05, 0) is 37.5 Å². The maximum Gasteiger partial charge on any atom is 0.253 e. The normalized spacial score (nSPS) is 17.1. The van der Waals surface area contributed by atoms with Crippen molar-refractivity contribution in [1.29, 1.82) is 0 Å². The zero-order valence-electron chi connectivity index (χ0n) is 10.6. The van der Waals surface area contributed by atoms with Crippen LogP contribution < -0.4 is 11.1 Å². The molecule has 0 bridgehead atoms. The van der Waals surface area contributed by atoms with Crippen LogP contribution >= 0.6 is 0 Å². The monoisotopic (exact) mass is 259 g/mol. The van der Waals surface area contributed by atoms with Gasteiger partial charge in [-0.25, -0.2) is 0 Å². The highest BCUT2D eigenvalue weighted by Gasteiger charge is 2.34. The van der Waals surface area contributed by atoms with Gasteiger partial charge < -0.3 is 21.1 Å². The number of anilines is 1. The van der Waals surface area contributed by atoms with E-state index in [1.165, 1.54) is 0 Å². The van der Waals surface area contributed by atoms with Crippen molar-refractivity contribution in [3.63, 3.8) is 0 Å². The van der Waals surface area contributed by atoms with Crippen molar-refractivity contribution in [1.82, 2.24) is 10.3 Å². The number of fused-ring (bicyclic) bond motifs is 1. The average molecular weight is 259 g/mol. The highest BCUT2D eigenvalue weighted by molar-refractivity contribution is 6.07. The van der Waals surface area contributed by atoms with Crippen molar-refractivity contribution in [3.05, 3.63) is 30.0 Å². The van der Waals surface area contributed by atoms with Crippen LogP contribution in [0.15, 0.2) is 24.4 Å². The maximum absolute atomic E-state index is 12.1. The number of aliphatic hydroxyl groups is 1. The van der Waals surface area contributed by atoms with E-state index in [1.807, 2.05) is 6.07 Å². The molecule has 1 saturated carbocycles. The summed E-state index contributed by atoms with van der Waals surface area (Å²) in [5, 5.41) is 13.6. The summed E-state index contributed by atoms with van der Waals surface area (Å²) in [7, 11) is 0. The fraction of sp³-hybridized carbons (Fsp3) is 0.357. The number of H-pyrrole nitrogens is 1. The first-order chi connectivity index (χ1) is 9.07. The summed E-state index contributed by atoms with van der Waals surface area (Å²) in [6, 6.07) is 5.41. The number of nitrogen functional groups attached to an aromatic ring is 1. The van der Waals surface area contributed by atoms with E-state index in [2.05, 4.69) is 10.3 Å². The van der Waals surface area contributed by atoms with Crippen LogP contribution in [-0.4, -0.2) is 28.1 Å². The fourth-order valence-electron chi connectivity index (χ4n) is 2.43. The van der Waals surface area contributed by atoms with E-state index in [4.69, 9.17) is 5.73 Å². The van der Waals surface area contributed by atoms with E-state index in [0.29, 0.717) is 17.8 Å². The molecule has 0 radical (unpaired) electrons. The summed E-state index contributed by atoms with van der Waals surface area (Å²) >= 11 is 0. The molecule has 5 nitrogen and oxygen atoms in total. The van der Waals surface area contributed by atoms with Crippen molar-refractivity contribution in [3.8, 4) is 0 Å². The molecule has 1 aromatic heterocycles. The van der Waals surface area contributed by atoms with Crippen LogP contribution in [0.4, 0.5) is 5.69 Å². The van der Waals surface area contributed by atoms with Crippen LogP contribution in [0.5, 0.6) is 0 Å². The minimum Gasteiger partial charge on any atom is -0.399 e. The smallest absolute Gasteiger partial charge is 0.253 e. The third-order valence-corrected chi connectivity index (χ3v) is 3.81. The zero-order chi connectivity index (χ0) is 13.5. The molecule has 100 valence electrons. The number of rotatable bonds is 3. The number of aromatic amines is 1. The number of carbonyl (C=O) groups excluding carboxylic acids is 1. The molecule has 0 saturated heterocycles. The molecule has 1 heterocycles. The summed E-state index contributed by atoms with van der Waals surface area (Å²) in [4.78, 5) is 15.2. The summed E-state index contributed by atoms with van der Waals surface area (Å²) in [6.07, 6.45) is 4.21. The molecule has 0 unspecified atom stereocenters. The van der Waals surface area contributed by atoms with Crippen LogP contribution in [0.3, 0.4) is 0 Å². The van der Waals surface area contributed by atoms with Crippen molar-refractivity contribution < 1.29 is 9.90 Å². The molecular formula is C14H17N3O2. The van der Waals surface area contributed by atoms with Gasteiger partial charge in [-0.3, -0.25) is 4.79 Å². The van der Waals surface area contributed by atoms with Gasteiger partial charge >= 0.3 is 0 Å². The van der Waals surface area contributed by atoms with Gasteiger partial charge in [0.05, 0.1) is 11.2 Å². The lowest BCUT2D eigenvalue weighted by atomic mass is 9.80. The van der Waals surface area contributed by atoms with E-state index < -0.39 is 5.60 Å². The molecule has 1 amide bonds. The molecule has 5 heteroatoms. The van der Waals surface area contributed by atoms with Gasteiger partial charge in [0, 0.05) is 29.3 Å². The first kappa shape index (κ1) is 12.0. The third kappa shape index (κ3) is 2.17. The van der Waals surface area contributed by atoms with Crippen molar-refractivity contribution in [2.45, 2.75) is 24.9 Å². The molecule has 1 aliphatic carbocycles.